The maximum atomic E-state index is 13.5. The molecule has 0 N–H and O–H groups in total. The molecule has 1 aliphatic heterocycles. The first-order chi connectivity index (χ1) is 12.2. The molecule has 6 nitrogen and oxygen atoms in total. The standard InChI is InChI=1S/C18H22FNO5S/c1-3-20(15-10-11-26(23,24)12-15)18(22)13(2)25-17(21)9-8-14-6-4-5-7-16(14)19/h4-9,13,15H,3,10-12H2,1-2H3/b9-8+/t13-,15+/m0/s1. The topological polar surface area (TPSA) is 80.8 Å². The summed E-state index contributed by atoms with van der Waals surface area (Å²) < 4.78 is 41.8. The van der Waals surface area contributed by atoms with Gasteiger partial charge in [-0.1, -0.05) is 18.2 Å². The molecule has 1 saturated heterocycles. The fraction of sp³-hybridized carbons (Fsp3) is 0.444. The second-order valence-corrected chi connectivity index (χ2v) is 8.34. The maximum Gasteiger partial charge on any atom is 0.331 e. The highest BCUT2D eigenvalue weighted by Gasteiger charge is 2.36. The molecular formula is C18H22FNO5S. The van der Waals surface area contributed by atoms with E-state index in [9.17, 15) is 22.4 Å². The van der Waals surface area contributed by atoms with Crippen LogP contribution in [0.5, 0.6) is 0 Å². The van der Waals surface area contributed by atoms with E-state index in [0.29, 0.717) is 13.0 Å². The average molecular weight is 383 g/mol. The fourth-order valence-electron chi connectivity index (χ4n) is 2.88. The van der Waals surface area contributed by atoms with Crippen molar-refractivity contribution in [2.24, 2.45) is 0 Å². The highest BCUT2D eigenvalue weighted by Crippen LogP contribution is 2.19. The van der Waals surface area contributed by atoms with Crippen molar-refractivity contribution in [1.29, 1.82) is 0 Å². The zero-order valence-corrected chi connectivity index (χ0v) is 15.5. The summed E-state index contributed by atoms with van der Waals surface area (Å²) in [5.74, 6) is -1.70. The van der Waals surface area contributed by atoms with E-state index >= 15 is 0 Å². The Balaban J connectivity index is 1.97. The Labute approximate surface area is 152 Å². The Kier molecular flexibility index (Phi) is 6.52. The first-order valence-corrected chi connectivity index (χ1v) is 10.2. The number of carbonyl (C=O) groups is 2. The number of amides is 1. The number of rotatable bonds is 6. The summed E-state index contributed by atoms with van der Waals surface area (Å²) in [7, 11) is -3.12. The van der Waals surface area contributed by atoms with E-state index in [2.05, 4.69) is 0 Å². The maximum absolute atomic E-state index is 13.5. The lowest BCUT2D eigenvalue weighted by atomic mass is 10.2. The van der Waals surface area contributed by atoms with Gasteiger partial charge in [-0.25, -0.2) is 17.6 Å². The Morgan fingerprint density at radius 1 is 1.38 bits per heavy atom. The van der Waals surface area contributed by atoms with E-state index in [1.165, 1.54) is 36.1 Å². The van der Waals surface area contributed by atoms with Gasteiger partial charge in [0.05, 0.1) is 11.5 Å². The Morgan fingerprint density at radius 3 is 2.65 bits per heavy atom. The molecule has 0 aliphatic carbocycles. The number of ether oxygens (including phenoxy) is 1. The summed E-state index contributed by atoms with van der Waals surface area (Å²) in [6, 6.07) is 5.55. The van der Waals surface area contributed by atoms with E-state index in [1.807, 2.05) is 0 Å². The van der Waals surface area contributed by atoms with Gasteiger partial charge in [-0.15, -0.1) is 0 Å². The van der Waals surface area contributed by atoms with Crippen LogP contribution in [0.25, 0.3) is 6.08 Å². The molecule has 0 unspecified atom stereocenters. The largest absolute Gasteiger partial charge is 0.449 e. The first-order valence-electron chi connectivity index (χ1n) is 8.37. The van der Waals surface area contributed by atoms with Crippen LogP contribution in [0.4, 0.5) is 4.39 Å². The van der Waals surface area contributed by atoms with Crippen LogP contribution in [-0.4, -0.2) is 55.4 Å². The van der Waals surface area contributed by atoms with E-state index in [1.54, 1.807) is 13.0 Å². The monoisotopic (exact) mass is 383 g/mol. The molecule has 0 saturated carbocycles. The molecule has 2 atom stereocenters. The normalized spacial score (nSPS) is 20.0. The Hall–Kier alpha value is -2.22. The minimum Gasteiger partial charge on any atom is -0.449 e. The third-order valence-corrected chi connectivity index (χ3v) is 5.97. The quantitative estimate of drug-likeness (QED) is 0.553. The van der Waals surface area contributed by atoms with Gasteiger partial charge in [-0.3, -0.25) is 4.79 Å². The molecule has 8 heteroatoms. The predicted octanol–water partition coefficient (Wildman–Crippen LogP) is 1.81. The molecule has 1 heterocycles. The van der Waals surface area contributed by atoms with Crippen molar-refractivity contribution in [3.05, 3.63) is 41.7 Å². The third-order valence-electron chi connectivity index (χ3n) is 4.22. The number of halogens is 1. The van der Waals surface area contributed by atoms with Gasteiger partial charge in [0.15, 0.2) is 15.9 Å². The molecule has 1 aromatic rings. The van der Waals surface area contributed by atoms with Gasteiger partial charge in [-0.05, 0) is 32.4 Å². The van der Waals surface area contributed by atoms with Gasteiger partial charge in [-0.2, -0.15) is 0 Å². The highest BCUT2D eigenvalue weighted by molar-refractivity contribution is 7.91. The van der Waals surface area contributed by atoms with Crippen LogP contribution in [0.1, 0.15) is 25.8 Å². The van der Waals surface area contributed by atoms with Crippen molar-refractivity contribution in [3.63, 3.8) is 0 Å². The average Bonchev–Trinajstić information content (AvgIpc) is 2.94. The van der Waals surface area contributed by atoms with Crippen molar-refractivity contribution in [3.8, 4) is 0 Å². The van der Waals surface area contributed by atoms with Crippen molar-refractivity contribution in [2.45, 2.75) is 32.4 Å². The molecule has 0 bridgehead atoms. The Bertz CT molecular complexity index is 806. The Morgan fingerprint density at radius 2 is 2.08 bits per heavy atom. The van der Waals surface area contributed by atoms with Crippen LogP contribution >= 0.6 is 0 Å². The molecule has 1 aliphatic rings. The first kappa shape index (κ1) is 20.1. The molecule has 1 aromatic carbocycles. The van der Waals surface area contributed by atoms with E-state index in [-0.39, 0.29) is 17.1 Å². The summed E-state index contributed by atoms with van der Waals surface area (Å²) in [5, 5.41) is 0. The number of sulfone groups is 1. The number of esters is 1. The van der Waals surface area contributed by atoms with E-state index in [4.69, 9.17) is 4.74 Å². The van der Waals surface area contributed by atoms with Crippen LogP contribution in [0.3, 0.4) is 0 Å². The number of benzene rings is 1. The number of hydrogen-bond donors (Lipinski definition) is 0. The molecular weight excluding hydrogens is 361 g/mol. The van der Waals surface area contributed by atoms with Crippen LogP contribution in [0.15, 0.2) is 30.3 Å². The van der Waals surface area contributed by atoms with Gasteiger partial charge in [0, 0.05) is 24.2 Å². The minimum absolute atomic E-state index is 0.0565. The molecule has 2 rings (SSSR count). The molecule has 1 fully saturated rings. The van der Waals surface area contributed by atoms with Crippen molar-refractivity contribution >= 4 is 27.8 Å². The summed E-state index contributed by atoms with van der Waals surface area (Å²) in [5.41, 5.74) is 0.231. The fourth-order valence-corrected chi connectivity index (χ4v) is 4.61. The van der Waals surface area contributed by atoms with Crippen LogP contribution < -0.4 is 0 Å². The van der Waals surface area contributed by atoms with E-state index < -0.39 is 39.7 Å². The lowest BCUT2D eigenvalue weighted by molar-refractivity contribution is -0.156. The second-order valence-electron chi connectivity index (χ2n) is 6.12. The van der Waals surface area contributed by atoms with Gasteiger partial charge in [0.2, 0.25) is 0 Å². The molecule has 0 radical (unpaired) electrons. The van der Waals surface area contributed by atoms with Crippen LogP contribution in [-0.2, 0) is 24.2 Å². The van der Waals surface area contributed by atoms with Gasteiger partial charge in [0.25, 0.3) is 5.91 Å². The molecule has 1 amide bonds. The summed E-state index contributed by atoms with van der Waals surface area (Å²) >= 11 is 0. The minimum atomic E-state index is -3.12. The third kappa shape index (κ3) is 5.14. The zero-order valence-electron chi connectivity index (χ0n) is 14.7. The van der Waals surface area contributed by atoms with Crippen molar-refractivity contribution in [1.82, 2.24) is 4.90 Å². The lowest BCUT2D eigenvalue weighted by Crippen LogP contribution is -2.46. The number of nitrogens with zero attached hydrogens (tertiary/aromatic N) is 1. The molecule has 0 spiro atoms. The predicted molar refractivity (Wildman–Crippen MR) is 95.4 cm³/mol. The highest BCUT2D eigenvalue weighted by atomic mass is 32.2. The number of hydrogen-bond acceptors (Lipinski definition) is 5. The smallest absolute Gasteiger partial charge is 0.331 e. The van der Waals surface area contributed by atoms with Gasteiger partial charge >= 0.3 is 5.97 Å². The van der Waals surface area contributed by atoms with Crippen LogP contribution in [0, 0.1) is 5.82 Å². The van der Waals surface area contributed by atoms with Crippen molar-refractivity contribution in [2.75, 3.05) is 18.1 Å². The second kappa shape index (κ2) is 8.44. The summed E-state index contributed by atoms with van der Waals surface area (Å²) in [6.07, 6.45) is 1.65. The van der Waals surface area contributed by atoms with Crippen molar-refractivity contribution < 1.29 is 27.1 Å². The lowest BCUT2D eigenvalue weighted by Gasteiger charge is -2.29. The van der Waals surface area contributed by atoms with Gasteiger partial charge < -0.3 is 9.64 Å². The molecule has 142 valence electrons. The van der Waals surface area contributed by atoms with E-state index in [0.717, 1.165) is 6.08 Å². The molecule has 0 aromatic heterocycles. The van der Waals surface area contributed by atoms with Gasteiger partial charge in [0.1, 0.15) is 5.82 Å². The van der Waals surface area contributed by atoms with Crippen LogP contribution in [0.2, 0.25) is 0 Å². The number of likely N-dealkylation sites (N-methyl/N-ethyl adjacent to an activating group) is 1. The SMILES string of the molecule is CCN(C(=O)[C@H](C)OC(=O)/C=C/c1ccccc1F)[C@@H]1CCS(=O)(=O)C1. The molecule has 26 heavy (non-hydrogen) atoms. The number of carbonyl (C=O) groups excluding carboxylic acids is 2. The zero-order chi connectivity index (χ0) is 19.3. The summed E-state index contributed by atoms with van der Waals surface area (Å²) in [6.45, 7) is 3.50. The summed E-state index contributed by atoms with van der Waals surface area (Å²) in [4.78, 5) is 25.8.